The van der Waals surface area contributed by atoms with Gasteiger partial charge in [0, 0.05) is 0 Å². The molecule has 0 radical (unpaired) electrons. The molecule has 0 aromatic heterocycles. The Morgan fingerprint density at radius 3 is 1.00 bits per heavy atom. The molecular formula is RuS3. The zero-order valence-electron chi connectivity index (χ0n) is 1.58. The molecule has 0 aromatic rings. The maximum atomic E-state index is 4.39. The monoisotopic (exact) mass is 198 g/mol. The summed E-state index contributed by atoms with van der Waals surface area (Å²) < 4.78 is 0. The van der Waals surface area contributed by atoms with Crippen LogP contribution in [0.15, 0.2) is 0 Å². The van der Waals surface area contributed by atoms with Gasteiger partial charge in [0.05, 0.1) is 0 Å². The van der Waals surface area contributed by atoms with Gasteiger partial charge in [-0.3, -0.25) is 0 Å². The topological polar surface area (TPSA) is 0 Å². The van der Waals surface area contributed by atoms with Crippen LogP contribution in [-0.2, 0) is 10.7 Å². The summed E-state index contributed by atoms with van der Waals surface area (Å²) in [5.41, 5.74) is 0. The summed E-state index contributed by atoms with van der Waals surface area (Å²) >= 11 is 0. The van der Waals surface area contributed by atoms with Crippen molar-refractivity contribution in [1.29, 1.82) is 0 Å². The van der Waals surface area contributed by atoms with E-state index in [1.54, 1.807) is 0 Å². The molecule has 0 aliphatic rings. The Bertz CT molecular complexity index is 72.7. The number of hydrogen-bond donors (Lipinski definition) is 0. The van der Waals surface area contributed by atoms with Gasteiger partial charge in [-0.25, -0.2) is 0 Å². The molecule has 0 aliphatic heterocycles. The minimum atomic E-state index is -1.42. The molecule has 0 aliphatic carbocycles. The molecule has 0 heterocycles. The van der Waals surface area contributed by atoms with Gasteiger partial charge in [0.1, 0.15) is 0 Å². The van der Waals surface area contributed by atoms with Crippen LogP contribution < -0.4 is 0 Å². The first kappa shape index (κ1) is 5.28. The second-order valence-corrected chi connectivity index (χ2v) is 9.41. The Balaban J connectivity index is 4.65. The van der Waals surface area contributed by atoms with E-state index in [2.05, 4.69) is 30.3 Å². The quantitative estimate of drug-likeness (QED) is 0.545. The van der Waals surface area contributed by atoms with Crippen LogP contribution in [0.25, 0.3) is 0 Å². The van der Waals surface area contributed by atoms with E-state index in [9.17, 15) is 0 Å². The van der Waals surface area contributed by atoms with Crippen LogP contribution >= 0.6 is 30.3 Å². The van der Waals surface area contributed by atoms with Crippen LogP contribution in [0.1, 0.15) is 0 Å². The summed E-state index contributed by atoms with van der Waals surface area (Å²) in [6.07, 6.45) is 0. The van der Waals surface area contributed by atoms with Crippen LogP contribution in [0.2, 0.25) is 0 Å². The van der Waals surface area contributed by atoms with Crippen LogP contribution in [0, 0.1) is 0 Å². The molecule has 0 aromatic carbocycles. The van der Waals surface area contributed by atoms with E-state index in [0.717, 1.165) is 0 Å². The Morgan fingerprint density at radius 1 is 1.00 bits per heavy atom. The van der Waals surface area contributed by atoms with Crippen molar-refractivity contribution < 1.29 is 10.7 Å². The summed E-state index contributed by atoms with van der Waals surface area (Å²) in [5.74, 6) is 0. The van der Waals surface area contributed by atoms with Crippen LogP contribution in [0.4, 0.5) is 0 Å². The molecule has 0 N–H and O–H groups in total. The summed E-state index contributed by atoms with van der Waals surface area (Å²) in [5, 5.41) is 0. The number of hydrogen-bond acceptors (Lipinski definition) is 3. The van der Waals surface area contributed by atoms with Crippen molar-refractivity contribution in [2.45, 2.75) is 0 Å². The third kappa shape index (κ3) is 10.4. The van der Waals surface area contributed by atoms with Crippen LogP contribution in [0.3, 0.4) is 0 Å². The molecule has 4 heteroatoms. The van der Waals surface area contributed by atoms with Crippen molar-refractivity contribution in [3.63, 3.8) is 0 Å². The molecule has 0 spiro atoms. The molecular weight excluding hydrogens is 197 g/mol. The standard InChI is InChI=1S/Ru.3S. The first-order valence-corrected chi connectivity index (χ1v) is 7.69. The molecule has 4 heavy (non-hydrogen) atoms. The van der Waals surface area contributed by atoms with Gasteiger partial charge < -0.3 is 0 Å². The van der Waals surface area contributed by atoms with E-state index in [0.29, 0.717) is 0 Å². The Labute approximate surface area is 40.9 Å². The van der Waals surface area contributed by atoms with Gasteiger partial charge in [-0.15, -0.1) is 0 Å². The fourth-order valence-electron chi connectivity index (χ4n) is 0. The Kier molecular flexibility index (Phi) is 3.32. The normalized spacial score (nSPS) is 8.25. The molecule has 0 rings (SSSR count). The summed E-state index contributed by atoms with van der Waals surface area (Å²) in [6.45, 7) is 0. The molecule has 0 bridgehead atoms. The van der Waals surface area contributed by atoms with E-state index < -0.39 is 10.7 Å². The first-order valence-electron chi connectivity index (χ1n) is 0.433. The van der Waals surface area contributed by atoms with Gasteiger partial charge in [0.25, 0.3) is 0 Å². The Morgan fingerprint density at radius 2 is 1.00 bits per heavy atom. The zero-order chi connectivity index (χ0) is 3.58. The summed E-state index contributed by atoms with van der Waals surface area (Å²) in [6, 6.07) is 0. The molecule has 0 saturated heterocycles. The van der Waals surface area contributed by atoms with Crippen molar-refractivity contribution in [3.05, 3.63) is 0 Å². The number of rotatable bonds is 0. The predicted octanol–water partition coefficient (Wildman–Crippen LogP) is 1.94. The van der Waals surface area contributed by atoms with Crippen LogP contribution in [0.5, 0.6) is 0 Å². The fourth-order valence-corrected chi connectivity index (χ4v) is 0. The van der Waals surface area contributed by atoms with Crippen molar-refractivity contribution in [3.8, 4) is 0 Å². The van der Waals surface area contributed by atoms with Gasteiger partial charge in [-0.2, -0.15) is 0 Å². The minimum absolute atomic E-state index is 1.42. The molecule has 26 valence electrons. The van der Waals surface area contributed by atoms with Gasteiger partial charge >= 0.3 is 41.1 Å². The van der Waals surface area contributed by atoms with E-state index in [1.165, 1.54) is 0 Å². The average Bonchev–Trinajstić information content (AvgIpc) is 0.811. The predicted molar refractivity (Wildman–Crippen MR) is 22.8 cm³/mol. The van der Waals surface area contributed by atoms with E-state index in [1.807, 2.05) is 0 Å². The van der Waals surface area contributed by atoms with Gasteiger partial charge in [-0.1, -0.05) is 0 Å². The molecule has 0 amide bonds. The molecule has 0 atom stereocenters. The first-order chi connectivity index (χ1) is 1.73. The molecule has 0 fully saturated rings. The third-order valence-corrected chi connectivity index (χ3v) is 0. The van der Waals surface area contributed by atoms with Crippen molar-refractivity contribution in [1.82, 2.24) is 0 Å². The van der Waals surface area contributed by atoms with Crippen molar-refractivity contribution in [2.75, 3.05) is 0 Å². The molecule has 0 unspecified atom stereocenters. The van der Waals surface area contributed by atoms with Gasteiger partial charge in [0.2, 0.25) is 0 Å². The third-order valence-electron chi connectivity index (χ3n) is 0. The van der Waals surface area contributed by atoms with E-state index in [-0.39, 0.29) is 0 Å². The van der Waals surface area contributed by atoms with Gasteiger partial charge in [0.15, 0.2) is 0 Å². The Hall–Kier alpha value is 1.28. The van der Waals surface area contributed by atoms with Gasteiger partial charge in [-0.05, 0) is 0 Å². The average molecular weight is 197 g/mol. The van der Waals surface area contributed by atoms with Crippen LogP contribution in [-0.4, -0.2) is 0 Å². The summed E-state index contributed by atoms with van der Waals surface area (Å²) in [4.78, 5) is 0. The zero-order valence-corrected chi connectivity index (χ0v) is 5.77. The SMILES string of the molecule is [S]=[Ru](=[S])=[S]. The second-order valence-electron chi connectivity index (χ2n) is 0.177. The van der Waals surface area contributed by atoms with Crippen molar-refractivity contribution >= 4 is 30.3 Å². The maximum absolute atomic E-state index is 4.39. The van der Waals surface area contributed by atoms with E-state index in [4.69, 9.17) is 0 Å². The molecule has 0 nitrogen and oxygen atoms in total. The van der Waals surface area contributed by atoms with E-state index >= 15 is 0 Å². The fraction of sp³-hybridized carbons (Fsp3) is 0. The summed E-state index contributed by atoms with van der Waals surface area (Å²) in [7, 11) is 11.8. The second kappa shape index (κ2) is 2.52. The molecule has 0 saturated carbocycles. The van der Waals surface area contributed by atoms with Crippen molar-refractivity contribution in [2.24, 2.45) is 0 Å².